The molecule has 0 atom stereocenters. The molecule has 0 heterocycles. The van der Waals surface area contributed by atoms with Crippen molar-refractivity contribution in [2.45, 2.75) is 39.2 Å². The first kappa shape index (κ1) is 15.2. The lowest BCUT2D eigenvalue weighted by Crippen LogP contribution is -2.49. The molecule has 0 aromatic heterocycles. The monoisotopic (exact) mass is 264 g/mol. The molecule has 0 unspecified atom stereocenters. The van der Waals surface area contributed by atoms with E-state index in [1.54, 1.807) is 24.3 Å². The average Bonchev–Trinajstić information content (AvgIpc) is 2.39. The molecule has 1 aromatic carbocycles. The number of nitrogens with two attached hydrogens (primary N) is 1. The largest absolute Gasteiger partial charge is 0.425 e. The summed E-state index contributed by atoms with van der Waals surface area (Å²) in [4.78, 5) is 22.8. The number of esters is 1. The van der Waals surface area contributed by atoms with E-state index >= 15 is 0 Å². The normalized spacial score (nSPS) is 10.9. The number of nitrogens with one attached hydrogen (secondary N) is 1. The second kappa shape index (κ2) is 6.33. The van der Waals surface area contributed by atoms with Gasteiger partial charge in [-0.3, -0.25) is 4.79 Å². The molecule has 1 aromatic rings. The third-order valence-corrected chi connectivity index (χ3v) is 3.05. The lowest BCUT2D eigenvalue weighted by atomic mass is 9.95. The van der Waals surface area contributed by atoms with Gasteiger partial charge in [0.2, 0.25) is 5.91 Å². The number of benzene rings is 1. The molecule has 104 valence electrons. The highest BCUT2D eigenvalue weighted by atomic mass is 16.5. The average molecular weight is 264 g/mol. The number of ether oxygens (including phenoxy) is 1. The van der Waals surface area contributed by atoms with Crippen molar-refractivity contribution < 1.29 is 14.3 Å². The Bertz CT molecular complexity index is 450. The van der Waals surface area contributed by atoms with Crippen molar-refractivity contribution in [1.82, 2.24) is 0 Å². The molecule has 0 bridgehead atoms. The molecular weight excluding hydrogens is 244 g/mol. The summed E-state index contributed by atoms with van der Waals surface area (Å²) in [5, 5.41) is 2.63. The Hall–Kier alpha value is -1.88. The van der Waals surface area contributed by atoms with E-state index in [2.05, 4.69) is 5.32 Å². The van der Waals surface area contributed by atoms with Crippen LogP contribution in [0.15, 0.2) is 24.3 Å². The van der Waals surface area contributed by atoms with Gasteiger partial charge in [-0.1, -0.05) is 13.8 Å². The molecule has 0 saturated heterocycles. The molecule has 19 heavy (non-hydrogen) atoms. The van der Waals surface area contributed by atoms with Crippen molar-refractivity contribution in [3.8, 4) is 5.75 Å². The van der Waals surface area contributed by atoms with Crippen molar-refractivity contribution in [2.75, 3.05) is 5.32 Å². The lowest BCUT2D eigenvalue weighted by Gasteiger charge is -2.23. The molecule has 0 radical (unpaired) electrons. The Balaban J connectivity index is 2.73. The number of hydrogen-bond donors (Lipinski definition) is 2. The Morgan fingerprint density at radius 3 is 2.16 bits per heavy atom. The van der Waals surface area contributed by atoms with Crippen molar-refractivity contribution in [3.05, 3.63) is 24.3 Å². The molecule has 5 heteroatoms. The first-order valence-corrected chi connectivity index (χ1v) is 6.30. The molecule has 0 aliphatic carbocycles. The van der Waals surface area contributed by atoms with Gasteiger partial charge in [0.15, 0.2) is 0 Å². The highest BCUT2D eigenvalue weighted by molar-refractivity contribution is 5.88. The summed E-state index contributed by atoms with van der Waals surface area (Å²) in [6.07, 6.45) is 1.04. The molecule has 3 N–H and O–H groups in total. The quantitative estimate of drug-likeness (QED) is 0.630. The zero-order chi connectivity index (χ0) is 14.5. The van der Waals surface area contributed by atoms with Gasteiger partial charge in [0.25, 0.3) is 0 Å². The number of anilines is 1. The Morgan fingerprint density at radius 2 is 1.74 bits per heavy atom. The fourth-order valence-corrected chi connectivity index (χ4v) is 1.56. The first-order chi connectivity index (χ1) is 8.91. The van der Waals surface area contributed by atoms with E-state index in [9.17, 15) is 9.59 Å². The number of carbonyl (C=O) groups is 2. The molecule has 0 aliphatic rings. The maximum Gasteiger partial charge on any atom is 0.331 e. The Labute approximate surface area is 113 Å². The predicted molar refractivity (Wildman–Crippen MR) is 73.9 cm³/mol. The van der Waals surface area contributed by atoms with E-state index in [1.165, 1.54) is 6.92 Å². The van der Waals surface area contributed by atoms with Crippen LogP contribution in [0.3, 0.4) is 0 Å². The van der Waals surface area contributed by atoms with E-state index in [0.29, 0.717) is 24.3 Å². The molecule has 1 rings (SSSR count). The third kappa shape index (κ3) is 4.06. The van der Waals surface area contributed by atoms with E-state index in [1.807, 2.05) is 13.8 Å². The van der Waals surface area contributed by atoms with Crippen molar-refractivity contribution in [1.29, 1.82) is 0 Å². The highest BCUT2D eigenvalue weighted by Crippen LogP contribution is 2.19. The van der Waals surface area contributed by atoms with Gasteiger partial charge in [-0.15, -0.1) is 0 Å². The summed E-state index contributed by atoms with van der Waals surface area (Å²) in [5.41, 5.74) is 5.65. The second-order valence-corrected chi connectivity index (χ2v) is 4.46. The van der Waals surface area contributed by atoms with Crippen LogP contribution in [0.4, 0.5) is 5.69 Å². The predicted octanol–water partition coefficient (Wildman–Crippen LogP) is 2.07. The third-order valence-electron chi connectivity index (χ3n) is 3.05. The van der Waals surface area contributed by atoms with E-state index in [0.717, 1.165) is 0 Å². The van der Waals surface area contributed by atoms with Crippen LogP contribution in [0.25, 0.3) is 0 Å². The Kier molecular flexibility index (Phi) is 5.06. The topological polar surface area (TPSA) is 81.4 Å². The summed E-state index contributed by atoms with van der Waals surface area (Å²) < 4.78 is 5.24. The second-order valence-electron chi connectivity index (χ2n) is 4.46. The molecule has 0 spiro atoms. The minimum Gasteiger partial charge on any atom is -0.425 e. The zero-order valence-corrected chi connectivity index (χ0v) is 11.5. The molecule has 1 amide bonds. The summed E-state index contributed by atoms with van der Waals surface area (Å²) in [6, 6.07) is 6.57. The van der Waals surface area contributed by atoms with Crippen LogP contribution < -0.4 is 15.8 Å². The number of rotatable bonds is 5. The zero-order valence-electron chi connectivity index (χ0n) is 11.5. The molecule has 0 aliphatic heterocycles. The van der Waals surface area contributed by atoms with Crippen LogP contribution in [-0.2, 0) is 9.59 Å². The van der Waals surface area contributed by atoms with Crippen LogP contribution >= 0.6 is 0 Å². The molecule has 0 saturated carbocycles. The van der Waals surface area contributed by atoms with Gasteiger partial charge in [-0.05, 0) is 37.1 Å². The van der Waals surface area contributed by atoms with Crippen LogP contribution in [0.2, 0.25) is 0 Å². The maximum absolute atomic E-state index is 11.9. The highest BCUT2D eigenvalue weighted by Gasteiger charge is 2.32. The Morgan fingerprint density at radius 1 is 1.21 bits per heavy atom. The molecule has 0 fully saturated rings. The van der Waals surface area contributed by atoms with Crippen LogP contribution in [-0.4, -0.2) is 17.4 Å². The smallest absolute Gasteiger partial charge is 0.331 e. The van der Waals surface area contributed by atoms with E-state index < -0.39 is 11.5 Å². The number of carbonyl (C=O) groups excluding carboxylic acids is 2. The van der Waals surface area contributed by atoms with Gasteiger partial charge in [0.05, 0.1) is 0 Å². The van der Waals surface area contributed by atoms with E-state index in [-0.39, 0.29) is 5.91 Å². The minimum absolute atomic E-state index is 0.150. The number of hydrogen-bond acceptors (Lipinski definition) is 4. The lowest BCUT2D eigenvalue weighted by molar-refractivity contribution is -0.140. The summed E-state index contributed by atoms with van der Waals surface area (Å²) in [7, 11) is 0. The van der Waals surface area contributed by atoms with Gasteiger partial charge < -0.3 is 15.8 Å². The van der Waals surface area contributed by atoms with Crippen molar-refractivity contribution >= 4 is 17.6 Å². The van der Waals surface area contributed by atoms with Crippen molar-refractivity contribution in [3.63, 3.8) is 0 Å². The van der Waals surface area contributed by atoms with Gasteiger partial charge in [0.1, 0.15) is 11.3 Å². The molecule has 5 nitrogen and oxygen atoms in total. The van der Waals surface area contributed by atoms with E-state index in [4.69, 9.17) is 10.5 Å². The summed E-state index contributed by atoms with van der Waals surface area (Å²) in [6.45, 7) is 5.13. The summed E-state index contributed by atoms with van der Waals surface area (Å²) in [5.74, 6) is -0.178. The van der Waals surface area contributed by atoms with Crippen LogP contribution in [0.5, 0.6) is 5.75 Å². The molecular formula is C14H20N2O3. The first-order valence-electron chi connectivity index (χ1n) is 6.30. The van der Waals surface area contributed by atoms with Crippen LogP contribution in [0.1, 0.15) is 33.6 Å². The van der Waals surface area contributed by atoms with Gasteiger partial charge in [-0.25, -0.2) is 4.79 Å². The fraction of sp³-hybridized carbons (Fsp3) is 0.429. The van der Waals surface area contributed by atoms with Gasteiger partial charge in [0, 0.05) is 12.6 Å². The van der Waals surface area contributed by atoms with Gasteiger partial charge >= 0.3 is 5.97 Å². The SMILES string of the molecule is CCC(N)(CC)C(=O)Oc1ccc(NC(C)=O)cc1. The maximum atomic E-state index is 11.9. The van der Waals surface area contributed by atoms with Gasteiger partial charge in [-0.2, -0.15) is 0 Å². The number of amides is 1. The summed E-state index contributed by atoms with van der Waals surface area (Å²) >= 11 is 0. The standard InChI is InChI=1S/C14H20N2O3/c1-4-14(15,5-2)13(18)19-12-8-6-11(7-9-12)16-10(3)17/h6-9H,4-5,15H2,1-3H3,(H,16,17). The minimum atomic E-state index is -0.948. The fourth-order valence-electron chi connectivity index (χ4n) is 1.56. The van der Waals surface area contributed by atoms with Crippen LogP contribution in [0, 0.1) is 0 Å². The van der Waals surface area contributed by atoms with Crippen molar-refractivity contribution in [2.24, 2.45) is 5.73 Å².